The van der Waals surface area contributed by atoms with Crippen LogP contribution in [0.1, 0.15) is 43.6 Å². The average Bonchev–Trinajstić information content (AvgIpc) is 2.70. The molecule has 10 nitrogen and oxygen atoms in total. The van der Waals surface area contributed by atoms with Crippen LogP contribution in [0.25, 0.3) is 5.57 Å². The molecular weight excluding hydrogens is 398 g/mol. The van der Waals surface area contributed by atoms with Gasteiger partial charge in [-0.05, 0) is 39.8 Å². The van der Waals surface area contributed by atoms with Gasteiger partial charge in [-0.2, -0.15) is 5.06 Å². The van der Waals surface area contributed by atoms with Gasteiger partial charge in [0, 0.05) is 12.2 Å². The van der Waals surface area contributed by atoms with Gasteiger partial charge in [-0.3, -0.25) is 5.21 Å². The Morgan fingerprint density at radius 1 is 0.900 bits per heavy atom. The molecule has 0 saturated heterocycles. The summed E-state index contributed by atoms with van der Waals surface area (Å²) in [5.41, 5.74) is -1.60. The summed E-state index contributed by atoms with van der Waals surface area (Å²) >= 11 is 0. The number of fused-ring (bicyclic) bond motifs is 1. The molecule has 10 heteroatoms. The molecular formula is C20H25NO9. The summed E-state index contributed by atoms with van der Waals surface area (Å²) in [6.45, 7) is 5.98. The van der Waals surface area contributed by atoms with Gasteiger partial charge < -0.3 is 24.1 Å². The van der Waals surface area contributed by atoms with E-state index < -0.39 is 35.0 Å². The van der Waals surface area contributed by atoms with Gasteiger partial charge in [0.2, 0.25) is 0 Å². The number of esters is 3. The van der Waals surface area contributed by atoms with Crippen molar-refractivity contribution in [1.82, 2.24) is 0 Å². The molecule has 0 radical (unpaired) electrons. The molecule has 1 aromatic rings. The number of hydrogen-bond acceptors (Lipinski definition) is 10. The number of hydroxylamine groups is 1. The van der Waals surface area contributed by atoms with Crippen LogP contribution in [0.5, 0.6) is 0 Å². The van der Waals surface area contributed by atoms with Crippen LogP contribution in [0.15, 0.2) is 23.8 Å². The minimum Gasteiger partial charge on any atom is -0.462 e. The monoisotopic (exact) mass is 423 g/mol. The number of nitrogens with zero attached hydrogens (tertiary/aromatic N) is 1. The van der Waals surface area contributed by atoms with E-state index in [1.807, 2.05) is 0 Å². The summed E-state index contributed by atoms with van der Waals surface area (Å²) in [7, 11) is 0. The zero-order chi connectivity index (χ0) is 22.5. The van der Waals surface area contributed by atoms with E-state index in [0.717, 1.165) is 0 Å². The van der Waals surface area contributed by atoms with E-state index in [2.05, 4.69) is 0 Å². The lowest BCUT2D eigenvalue weighted by atomic mass is 9.88. The molecule has 0 fully saturated rings. The quantitative estimate of drug-likeness (QED) is 0.361. The van der Waals surface area contributed by atoms with Gasteiger partial charge in [0.1, 0.15) is 5.57 Å². The minimum absolute atomic E-state index is 0.0503. The zero-order valence-electron chi connectivity index (χ0n) is 17.3. The maximum absolute atomic E-state index is 12.9. The van der Waals surface area contributed by atoms with Crippen molar-refractivity contribution in [3.63, 3.8) is 0 Å². The van der Waals surface area contributed by atoms with Gasteiger partial charge in [0.15, 0.2) is 0 Å². The third kappa shape index (κ3) is 4.02. The summed E-state index contributed by atoms with van der Waals surface area (Å²) in [6, 6.07) is 4.11. The molecule has 0 aromatic heterocycles. The first-order valence-corrected chi connectivity index (χ1v) is 9.53. The molecule has 30 heavy (non-hydrogen) atoms. The van der Waals surface area contributed by atoms with Crippen LogP contribution in [0.3, 0.4) is 0 Å². The number of rotatable bonds is 8. The van der Waals surface area contributed by atoms with Crippen molar-refractivity contribution < 1.29 is 43.6 Å². The van der Waals surface area contributed by atoms with Crippen molar-refractivity contribution >= 4 is 29.2 Å². The predicted octanol–water partition coefficient (Wildman–Crippen LogP) is 1.63. The first-order chi connectivity index (χ1) is 14.3. The van der Waals surface area contributed by atoms with Crippen molar-refractivity contribution in [1.29, 1.82) is 0 Å². The second kappa shape index (κ2) is 9.70. The van der Waals surface area contributed by atoms with Crippen molar-refractivity contribution in [2.45, 2.75) is 33.6 Å². The molecule has 0 spiro atoms. The second-order valence-electron chi connectivity index (χ2n) is 5.96. The van der Waals surface area contributed by atoms with Crippen molar-refractivity contribution in [2.24, 2.45) is 0 Å². The molecule has 1 unspecified atom stereocenters. The normalized spacial score (nSPS) is 18.0. The Labute approximate surface area is 173 Å². The molecule has 0 saturated carbocycles. The van der Waals surface area contributed by atoms with E-state index in [1.165, 1.54) is 32.0 Å². The number of benzene rings is 1. The fourth-order valence-corrected chi connectivity index (χ4v) is 3.10. The number of aliphatic hydroxyl groups is 1. The van der Waals surface area contributed by atoms with E-state index in [1.54, 1.807) is 13.8 Å². The number of ether oxygens (including phenoxy) is 4. The lowest BCUT2D eigenvalue weighted by Gasteiger charge is -2.41. The smallest absolute Gasteiger partial charge is 0.342 e. The van der Waals surface area contributed by atoms with E-state index in [4.69, 9.17) is 18.9 Å². The van der Waals surface area contributed by atoms with Crippen molar-refractivity contribution in [2.75, 3.05) is 31.5 Å². The first-order valence-electron chi connectivity index (χ1n) is 9.53. The molecule has 1 atom stereocenters. The second-order valence-corrected chi connectivity index (χ2v) is 5.96. The Morgan fingerprint density at radius 3 is 2.03 bits per heavy atom. The molecule has 1 aliphatic rings. The van der Waals surface area contributed by atoms with Gasteiger partial charge in [-0.1, -0.05) is 6.07 Å². The minimum atomic E-state index is -2.76. The fourth-order valence-electron chi connectivity index (χ4n) is 3.10. The molecule has 2 N–H and O–H groups in total. The average molecular weight is 423 g/mol. The summed E-state index contributed by atoms with van der Waals surface area (Å²) in [4.78, 5) is 38.2. The van der Waals surface area contributed by atoms with E-state index in [9.17, 15) is 24.7 Å². The van der Waals surface area contributed by atoms with Gasteiger partial charge >= 0.3 is 23.8 Å². The van der Waals surface area contributed by atoms with E-state index in [-0.39, 0.29) is 48.3 Å². The van der Waals surface area contributed by atoms with Crippen LogP contribution in [0.2, 0.25) is 0 Å². The highest BCUT2D eigenvalue weighted by molar-refractivity contribution is 6.27. The molecule has 0 amide bonds. The summed E-state index contributed by atoms with van der Waals surface area (Å²) in [6.07, 6.45) is 0. The molecule has 0 bridgehead atoms. The highest BCUT2D eigenvalue weighted by atomic mass is 16.7. The van der Waals surface area contributed by atoms with Crippen LogP contribution in [-0.4, -0.2) is 60.6 Å². The summed E-state index contributed by atoms with van der Waals surface area (Å²) in [5.74, 6) is -5.69. The maximum Gasteiger partial charge on any atom is 0.342 e. The summed E-state index contributed by atoms with van der Waals surface area (Å²) < 4.78 is 20.4. The van der Waals surface area contributed by atoms with Crippen molar-refractivity contribution in [3.8, 4) is 0 Å². The standard InChI is InChI=1S/C20H25NO9/c1-5-27-17(22)12-10-9-11-13-14(12)15(18(23)28-6-2)16(19(24)29-7-3)20(25,21(13)26)30-8-4/h9-11,25-26H,5-8H2,1-4H3. The number of hydrogen-bond donors (Lipinski definition) is 2. The summed E-state index contributed by atoms with van der Waals surface area (Å²) in [5, 5.41) is 22.2. The van der Waals surface area contributed by atoms with Crippen LogP contribution < -0.4 is 5.06 Å². The number of carbonyl (C=O) groups excluding carboxylic acids is 3. The zero-order valence-corrected chi connectivity index (χ0v) is 17.3. The molecule has 164 valence electrons. The topological polar surface area (TPSA) is 132 Å². The fraction of sp³-hybridized carbons (Fsp3) is 0.450. The van der Waals surface area contributed by atoms with E-state index >= 15 is 0 Å². The van der Waals surface area contributed by atoms with Crippen LogP contribution >= 0.6 is 0 Å². The third-order valence-corrected chi connectivity index (χ3v) is 4.18. The molecule has 1 aliphatic heterocycles. The van der Waals surface area contributed by atoms with Crippen molar-refractivity contribution in [3.05, 3.63) is 34.9 Å². The Morgan fingerprint density at radius 2 is 1.47 bits per heavy atom. The predicted molar refractivity (Wildman–Crippen MR) is 103 cm³/mol. The number of carbonyl (C=O) groups is 3. The van der Waals surface area contributed by atoms with E-state index in [0.29, 0.717) is 0 Å². The largest absolute Gasteiger partial charge is 0.462 e. The van der Waals surface area contributed by atoms with Crippen LogP contribution in [-0.2, 0) is 28.5 Å². The Bertz CT molecular complexity index is 864. The van der Waals surface area contributed by atoms with Gasteiger partial charge in [-0.15, -0.1) is 0 Å². The Balaban J connectivity index is 2.96. The highest BCUT2D eigenvalue weighted by Gasteiger charge is 2.53. The first kappa shape index (κ1) is 23.3. The molecule has 1 aromatic carbocycles. The highest BCUT2D eigenvalue weighted by Crippen LogP contribution is 2.45. The third-order valence-electron chi connectivity index (χ3n) is 4.18. The Hall–Kier alpha value is -2.95. The molecule has 2 rings (SSSR count). The molecule has 1 heterocycles. The number of anilines is 1. The van der Waals surface area contributed by atoms with Gasteiger partial charge in [0.05, 0.1) is 36.6 Å². The lowest BCUT2D eigenvalue weighted by molar-refractivity contribution is -0.212. The Kier molecular flexibility index (Phi) is 7.54. The molecule has 0 aliphatic carbocycles. The van der Waals surface area contributed by atoms with Crippen LogP contribution in [0.4, 0.5) is 5.69 Å². The van der Waals surface area contributed by atoms with Gasteiger partial charge in [0.25, 0.3) is 0 Å². The lowest BCUT2D eigenvalue weighted by Crippen LogP contribution is -2.56. The SMILES string of the molecule is CCOC(=O)C1=C(C(=O)OCC)C(O)(OCC)N(O)c2cccc(C(=O)OCC)c21. The maximum atomic E-state index is 12.9. The van der Waals surface area contributed by atoms with Crippen LogP contribution in [0, 0.1) is 0 Å². The van der Waals surface area contributed by atoms with Gasteiger partial charge in [-0.25, -0.2) is 14.4 Å².